The molecular formula is C27H25N7O2. The summed E-state index contributed by atoms with van der Waals surface area (Å²) in [6, 6.07) is 15.0. The molecule has 3 aromatic rings. The van der Waals surface area contributed by atoms with Crippen molar-refractivity contribution < 1.29 is 9.53 Å². The van der Waals surface area contributed by atoms with Gasteiger partial charge in [-0.3, -0.25) is 4.79 Å². The van der Waals surface area contributed by atoms with Gasteiger partial charge in [-0.2, -0.15) is 15.5 Å². The fourth-order valence-electron chi connectivity index (χ4n) is 3.93. The van der Waals surface area contributed by atoms with Crippen molar-refractivity contribution in [2.24, 2.45) is 0 Å². The topological polar surface area (TPSA) is 127 Å². The van der Waals surface area contributed by atoms with Gasteiger partial charge >= 0.3 is 0 Å². The first-order valence-electron chi connectivity index (χ1n) is 11.4. The lowest BCUT2D eigenvalue weighted by Crippen LogP contribution is -2.41. The van der Waals surface area contributed by atoms with Gasteiger partial charge in [0.05, 0.1) is 30.9 Å². The van der Waals surface area contributed by atoms with Crippen LogP contribution in [-0.4, -0.2) is 47.1 Å². The molecule has 0 unspecified atom stereocenters. The molecule has 1 aliphatic heterocycles. The summed E-state index contributed by atoms with van der Waals surface area (Å²) in [4.78, 5) is 24.1. The Hall–Kier alpha value is -4.73. The van der Waals surface area contributed by atoms with E-state index >= 15 is 0 Å². The molecule has 2 heterocycles. The standard InChI is InChI=1S/C27H25N7O2/c1-18-14-21(4-3-9-28)15-19(2)24(18)32-25-23(26(35)34-10-12-36-13-11-34)17-30-27(33-25)31-22-7-5-20(16-29)6-8-22/h3-8,14-15,17H,10-13H2,1-2H3,(H2,30,31,32,33). The average molecular weight is 480 g/mol. The zero-order valence-corrected chi connectivity index (χ0v) is 20.1. The van der Waals surface area contributed by atoms with Crippen molar-refractivity contribution in [1.29, 1.82) is 10.5 Å². The largest absolute Gasteiger partial charge is 0.378 e. The molecule has 4 rings (SSSR count). The quantitative estimate of drug-likeness (QED) is 0.496. The molecule has 1 amide bonds. The molecule has 0 bridgehead atoms. The molecule has 1 aromatic heterocycles. The summed E-state index contributed by atoms with van der Waals surface area (Å²) < 4.78 is 5.39. The maximum absolute atomic E-state index is 13.4. The van der Waals surface area contributed by atoms with Crippen molar-refractivity contribution in [2.45, 2.75) is 13.8 Å². The number of ether oxygens (including phenoxy) is 1. The summed E-state index contributed by atoms with van der Waals surface area (Å²) in [6.07, 6.45) is 4.71. The number of amides is 1. The SMILES string of the molecule is Cc1cc(C=CC#N)cc(C)c1Nc1nc(Nc2ccc(C#N)cc2)ncc1C(=O)N1CCOCC1. The van der Waals surface area contributed by atoms with E-state index in [4.69, 9.17) is 15.3 Å². The van der Waals surface area contributed by atoms with Crippen LogP contribution in [0, 0.1) is 36.5 Å². The van der Waals surface area contributed by atoms with E-state index in [2.05, 4.69) is 26.7 Å². The Morgan fingerprint density at radius 2 is 1.78 bits per heavy atom. The van der Waals surface area contributed by atoms with Crippen LogP contribution in [0.1, 0.15) is 32.6 Å². The van der Waals surface area contributed by atoms with E-state index in [0.717, 1.165) is 22.4 Å². The molecule has 1 fully saturated rings. The Bertz CT molecular complexity index is 1360. The minimum absolute atomic E-state index is 0.172. The van der Waals surface area contributed by atoms with Crippen LogP contribution in [0.2, 0.25) is 0 Å². The third-order valence-corrected chi connectivity index (χ3v) is 5.74. The number of rotatable bonds is 6. The fraction of sp³-hybridized carbons (Fsp3) is 0.222. The Kier molecular flexibility index (Phi) is 7.54. The number of morpholine rings is 1. The van der Waals surface area contributed by atoms with Crippen molar-refractivity contribution >= 4 is 35.1 Å². The molecule has 1 aliphatic rings. The van der Waals surface area contributed by atoms with Crippen LogP contribution in [0.5, 0.6) is 0 Å². The van der Waals surface area contributed by atoms with Crippen LogP contribution in [0.4, 0.5) is 23.1 Å². The van der Waals surface area contributed by atoms with Crippen molar-refractivity contribution in [2.75, 3.05) is 36.9 Å². The molecule has 1 saturated heterocycles. The molecule has 0 spiro atoms. The maximum atomic E-state index is 13.4. The number of carbonyl (C=O) groups is 1. The zero-order valence-electron chi connectivity index (χ0n) is 20.1. The van der Waals surface area contributed by atoms with Gasteiger partial charge in [0.15, 0.2) is 0 Å². The van der Waals surface area contributed by atoms with Gasteiger partial charge in [-0.1, -0.05) is 0 Å². The summed E-state index contributed by atoms with van der Waals surface area (Å²) in [5.74, 6) is 0.517. The van der Waals surface area contributed by atoms with Crippen molar-refractivity contribution in [3.8, 4) is 12.1 Å². The minimum atomic E-state index is -0.172. The van der Waals surface area contributed by atoms with E-state index in [-0.39, 0.29) is 5.91 Å². The lowest BCUT2D eigenvalue weighted by molar-refractivity contribution is 0.0303. The number of nitrogens with zero attached hydrogens (tertiary/aromatic N) is 5. The second-order valence-corrected chi connectivity index (χ2v) is 8.29. The highest BCUT2D eigenvalue weighted by atomic mass is 16.5. The Morgan fingerprint density at radius 1 is 1.08 bits per heavy atom. The number of nitriles is 2. The number of benzene rings is 2. The van der Waals surface area contributed by atoms with Crippen molar-refractivity contribution in [3.63, 3.8) is 0 Å². The van der Waals surface area contributed by atoms with Crippen molar-refractivity contribution in [3.05, 3.63) is 76.5 Å². The minimum Gasteiger partial charge on any atom is -0.378 e. The first-order chi connectivity index (χ1) is 17.5. The van der Waals surface area contributed by atoms with Gasteiger partial charge < -0.3 is 20.3 Å². The zero-order chi connectivity index (χ0) is 25.5. The molecule has 9 heteroatoms. The maximum Gasteiger partial charge on any atom is 0.259 e. The molecule has 0 radical (unpaired) electrons. The first kappa shape index (κ1) is 24.4. The summed E-state index contributed by atoms with van der Waals surface area (Å²) in [7, 11) is 0. The number of anilines is 4. The Labute approximate surface area is 209 Å². The first-order valence-corrected chi connectivity index (χ1v) is 11.4. The van der Waals surface area contributed by atoms with Crippen LogP contribution in [0.15, 0.2) is 48.7 Å². The highest BCUT2D eigenvalue weighted by Gasteiger charge is 2.23. The molecule has 2 aromatic carbocycles. The van der Waals surface area contributed by atoms with Gasteiger partial charge in [-0.15, -0.1) is 0 Å². The summed E-state index contributed by atoms with van der Waals surface area (Å²) in [5, 5.41) is 24.3. The van der Waals surface area contributed by atoms with Gasteiger partial charge in [-0.25, -0.2) is 4.98 Å². The van der Waals surface area contributed by atoms with E-state index < -0.39 is 0 Å². The average Bonchev–Trinajstić information content (AvgIpc) is 2.90. The molecule has 0 aliphatic carbocycles. The van der Waals surface area contributed by atoms with E-state index in [1.54, 1.807) is 35.2 Å². The molecule has 0 saturated carbocycles. The van der Waals surface area contributed by atoms with Crippen LogP contribution >= 0.6 is 0 Å². The number of nitrogens with one attached hydrogen (secondary N) is 2. The predicted octanol–water partition coefficient (Wildman–Crippen LogP) is 4.46. The predicted molar refractivity (Wildman–Crippen MR) is 137 cm³/mol. The van der Waals surface area contributed by atoms with E-state index in [9.17, 15) is 4.79 Å². The highest BCUT2D eigenvalue weighted by Crippen LogP contribution is 2.29. The van der Waals surface area contributed by atoms with Crippen molar-refractivity contribution in [1.82, 2.24) is 14.9 Å². The molecule has 36 heavy (non-hydrogen) atoms. The summed E-state index contributed by atoms with van der Waals surface area (Å²) in [5.41, 5.74) is 5.24. The number of hydrogen-bond acceptors (Lipinski definition) is 8. The number of aryl methyl sites for hydroxylation is 2. The normalized spacial score (nSPS) is 13.2. The van der Waals surface area contributed by atoms with Gasteiger partial charge in [0.1, 0.15) is 11.4 Å². The van der Waals surface area contributed by atoms with Gasteiger partial charge in [0.25, 0.3) is 5.91 Å². The molecule has 9 nitrogen and oxygen atoms in total. The molecule has 180 valence electrons. The number of hydrogen-bond donors (Lipinski definition) is 2. The summed E-state index contributed by atoms with van der Waals surface area (Å²) >= 11 is 0. The smallest absolute Gasteiger partial charge is 0.259 e. The second kappa shape index (κ2) is 11.1. The van der Waals surface area contributed by atoms with Crippen LogP contribution in [-0.2, 0) is 4.74 Å². The van der Waals surface area contributed by atoms with Gasteiger partial charge in [0, 0.05) is 36.7 Å². The molecule has 0 atom stereocenters. The fourth-order valence-corrected chi connectivity index (χ4v) is 3.93. The monoisotopic (exact) mass is 479 g/mol. The summed E-state index contributed by atoms with van der Waals surface area (Å²) in [6.45, 7) is 5.90. The molecule has 2 N–H and O–H groups in total. The number of carbonyl (C=O) groups excluding carboxylic acids is 1. The van der Waals surface area contributed by atoms with Gasteiger partial charge in [-0.05, 0) is 73.0 Å². The highest BCUT2D eigenvalue weighted by molar-refractivity contribution is 5.99. The van der Waals surface area contributed by atoms with Gasteiger partial charge in [0.2, 0.25) is 5.95 Å². The van der Waals surface area contributed by atoms with E-state index in [1.807, 2.05) is 32.0 Å². The van der Waals surface area contributed by atoms with Crippen LogP contribution < -0.4 is 10.6 Å². The van der Waals surface area contributed by atoms with Crippen LogP contribution in [0.25, 0.3) is 6.08 Å². The lowest BCUT2D eigenvalue weighted by Gasteiger charge is -2.27. The van der Waals surface area contributed by atoms with E-state index in [1.165, 1.54) is 12.3 Å². The molecular weight excluding hydrogens is 454 g/mol. The second-order valence-electron chi connectivity index (χ2n) is 8.29. The lowest BCUT2D eigenvalue weighted by atomic mass is 10.0. The Balaban J connectivity index is 1.70. The number of allylic oxidation sites excluding steroid dienone is 1. The van der Waals surface area contributed by atoms with Crippen LogP contribution in [0.3, 0.4) is 0 Å². The van der Waals surface area contributed by atoms with E-state index in [0.29, 0.717) is 54.9 Å². The number of aromatic nitrogens is 2. The Morgan fingerprint density at radius 3 is 2.42 bits per heavy atom. The third kappa shape index (κ3) is 5.66. The third-order valence-electron chi connectivity index (χ3n) is 5.74.